The number of carboxylic acids is 1. The number of methoxy groups -OCH3 is 3. The fourth-order valence-corrected chi connectivity index (χ4v) is 5.21. The van der Waals surface area contributed by atoms with E-state index in [1.807, 2.05) is 0 Å². The molecule has 36 heavy (non-hydrogen) atoms. The Morgan fingerprint density at radius 1 is 1.08 bits per heavy atom. The van der Waals surface area contributed by atoms with Crippen LogP contribution in [-0.4, -0.2) is 55.7 Å². The summed E-state index contributed by atoms with van der Waals surface area (Å²) < 4.78 is 15.7. The first kappa shape index (κ1) is 25.5. The molecule has 2 aliphatic heterocycles. The number of ether oxygens (including phenoxy) is 3. The first-order valence-corrected chi connectivity index (χ1v) is 11.4. The van der Waals surface area contributed by atoms with Gasteiger partial charge in [0.25, 0.3) is 0 Å². The maximum absolute atomic E-state index is 13.8. The Hall–Kier alpha value is -3.63. The van der Waals surface area contributed by atoms with Gasteiger partial charge in [-0.25, -0.2) is 9.69 Å². The van der Waals surface area contributed by atoms with Crippen molar-refractivity contribution in [2.24, 2.45) is 11.8 Å². The van der Waals surface area contributed by atoms with Crippen molar-refractivity contribution in [1.29, 1.82) is 0 Å². The molecular formula is C25H25ClN2O8. The molecule has 0 spiro atoms. The van der Waals surface area contributed by atoms with Gasteiger partial charge in [0.15, 0.2) is 0 Å². The summed E-state index contributed by atoms with van der Waals surface area (Å²) in [6, 6.07) is 6.65. The molecule has 4 rings (SSSR count). The van der Waals surface area contributed by atoms with E-state index in [-0.39, 0.29) is 22.6 Å². The van der Waals surface area contributed by atoms with Gasteiger partial charge in [0.1, 0.15) is 22.6 Å². The monoisotopic (exact) mass is 516 g/mol. The van der Waals surface area contributed by atoms with Crippen LogP contribution >= 0.6 is 11.6 Å². The summed E-state index contributed by atoms with van der Waals surface area (Å²) >= 11 is 6.24. The van der Waals surface area contributed by atoms with Gasteiger partial charge in [-0.3, -0.25) is 19.7 Å². The molecule has 2 heterocycles. The highest BCUT2D eigenvalue weighted by atomic mass is 35.5. The van der Waals surface area contributed by atoms with Gasteiger partial charge < -0.3 is 19.3 Å². The fraction of sp³-hybridized carbons (Fsp3) is 0.360. The van der Waals surface area contributed by atoms with E-state index in [1.54, 1.807) is 19.1 Å². The van der Waals surface area contributed by atoms with Crippen LogP contribution in [0.3, 0.4) is 0 Å². The Bertz CT molecular complexity index is 1300. The van der Waals surface area contributed by atoms with E-state index >= 15 is 0 Å². The van der Waals surface area contributed by atoms with Crippen LogP contribution in [0.2, 0.25) is 5.02 Å². The zero-order chi connectivity index (χ0) is 26.5. The number of carbonyl (C=O) groups is 4. The van der Waals surface area contributed by atoms with Gasteiger partial charge in [-0.1, -0.05) is 17.7 Å². The van der Waals surface area contributed by atoms with Crippen molar-refractivity contribution >= 4 is 41.0 Å². The standard InChI is InChI=1S/C25H25ClN2O8/c1-11-6-7-12(8-15(11)26)28-21(29)18-19(22(28)30)25(2,24(32)33)27-20(18)14-9-13(34-3)10-16(35-4)17(14)23(31)36-5/h6-10,18-20,27H,1-5H3,(H,32,33). The molecule has 190 valence electrons. The second-order valence-corrected chi connectivity index (χ2v) is 9.27. The molecule has 2 saturated heterocycles. The van der Waals surface area contributed by atoms with Gasteiger partial charge >= 0.3 is 11.9 Å². The fourth-order valence-electron chi connectivity index (χ4n) is 5.03. The van der Waals surface area contributed by atoms with Gasteiger partial charge in [0, 0.05) is 17.1 Å². The summed E-state index contributed by atoms with van der Waals surface area (Å²) in [5, 5.41) is 13.4. The third kappa shape index (κ3) is 3.68. The van der Waals surface area contributed by atoms with Crippen molar-refractivity contribution in [1.82, 2.24) is 5.32 Å². The average Bonchev–Trinajstić information content (AvgIpc) is 3.32. The lowest BCUT2D eigenvalue weighted by Crippen LogP contribution is -2.53. The number of benzene rings is 2. The highest BCUT2D eigenvalue weighted by Crippen LogP contribution is 2.51. The minimum Gasteiger partial charge on any atom is -0.497 e. The molecule has 11 heteroatoms. The van der Waals surface area contributed by atoms with Crippen LogP contribution in [-0.2, 0) is 19.1 Å². The van der Waals surface area contributed by atoms with Crippen LogP contribution in [0.4, 0.5) is 5.69 Å². The zero-order valence-electron chi connectivity index (χ0n) is 20.2. The number of nitrogens with zero attached hydrogens (tertiary/aromatic N) is 1. The maximum Gasteiger partial charge on any atom is 0.341 e. The number of halogens is 1. The molecule has 10 nitrogen and oxygen atoms in total. The molecular weight excluding hydrogens is 492 g/mol. The molecule has 4 atom stereocenters. The summed E-state index contributed by atoms with van der Waals surface area (Å²) in [6.07, 6.45) is 0. The van der Waals surface area contributed by atoms with Crippen molar-refractivity contribution in [3.63, 3.8) is 0 Å². The molecule has 0 aromatic heterocycles. The first-order valence-electron chi connectivity index (χ1n) is 11.0. The lowest BCUT2D eigenvalue weighted by molar-refractivity contribution is -0.147. The third-order valence-corrected chi connectivity index (χ3v) is 7.34. The molecule has 2 aromatic carbocycles. The maximum atomic E-state index is 13.8. The number of imide groups is 1. The Morgan fingerprint density at radius 2 is 1.78 bits per heavy atom. The molecule has 2 aliphatic rings. The smallest absolute Gasteiger partial charge is 0.341 e. The minimum absolute atomic E-state index is 0.0104. The van der Waals surface area contributed by atoms with Crippen LogP contribution in [0.15, 0.2) is 30.3 Å². The Labute approximate surface area is 212 Å². The van der Waals surface area contributed by atoms with Gasteiger partial charge in [-0.05, 0) is 43.2 Å². The summed E-state index contributed by atoms with van der Waals surface area (Å²) in [5.74, 6) is -5.39. The quantitative estimate of drug-likeness (QED) is 0.439. The summed E-state index contributed by atoms with van der Waals surface area (Å²) in [5.41, 5.74) is -0.639. The summed E-state index contributed by atoms with van der Waals surface area (Å²) in [4.78, 5) is 53.6. The van der Waals surface area contributed by atoms with E-state index in [0.717, 1.165) is 10.5 Å². The lowest BCUT2D eigenvalue weighted by atomic mass is 9.80. The average molecular weight is 517 g/mol. The van der Waals surface area contributed by atoms with Gasteiger partial charge in [0.05, 0.1) is 38.9 Å². The Balaban J connectivity index is 1.93. The van der Waals surface area contributed by atoms with Crippen LogP contribution < -0.4 is 19.7 Å². The number of nitrogens with one attached hydrogen (secondary N) is 1. The van der Waals surface area contributed by atoms with E-state index in [9.17, 15) is 24.3 Å². The van der Waals surface area contributed by atoms with Crippen LogP contribution in [0.5, 0.6) is 11.5 Å². The number of esters is 1. The largest absolute Gasteiger partial charge is 0.497 e. The predicted molar refractivity (Wildman–Crippen MR) is 128 cm³/mol. The SMILES string of the molecule is COC(=O)c1c(OC)cc(OC)cc1C1NC(C)(C(=O)O)C2C(=O)N(c3ccc(C)c(Cl)c3)C(=O)C12. The zero-order valence-corrected chi connectivity index (χ0v) is 21.0. The van der Waals surface area contributed by atoms with Gasteiger partial charge in [0.2, 0.25) is 11.8 Å². The second kappa shape index (κ2) is 9.11. The van der Waals surface area contributed by atoms with Crippen LogP contribution in [0.1, 0.15) is 34.5 Å². The number of aliphatic carboxylic acids is 1. The molecule has 2 aromatic rings. The van der Waals surface area contributed by atoms with E-state index < -0.39 is 47.2 Å². The predicted octanol–water partition coefficient (Wildman–Crippen LogP) is 2.75. The second-order valence-electron chi connectivity index (χ2n) is 8.86. The number of anilines is 1. The van der Waals surface area contributed by atoms with E-state index in [0.29, 0.717) is 10.8 Å². The first-order chi connectivity index (χ1) is 17.0. The topological polar surface area (TPSA) is 131 Å². The number of fused-ring (bicyclic) bond motifs is 1. The minimum atomic E-state index is -1.82. The summed E-state index contributed by atoms with van der Waals surface area (Å²) in [7, 11) is 3.95. The molecule has 0 radical (unpaired) electrons. The molecule has 2 N–H and O–H groups in total. The van der Waals surface area contributed by atoms with Crippen LogP contribution in [0, 0.1) is 18.8 Å². The molecule has 0 aliphatic carbocycles. The van der Waals surface area contributed by atoms with Crippen molar-refractivity contribution in [2.45, 2.75) is 25.4 Å². The molecule has 2 amide bonds. The number of rotatable bonds is 6. The summed E-state index contributed by atoms with van der Waals surface area (Å²) in [6.45, 7) is 3.12. The Kier molecular flexibility index (Phi) is 6.44. The number of carbonyl (C=O) groups excluding carboxylic acids is 3. The van der Waals surface area contributed by atoms with E-state index in [1.165, 1.54) is 46.5 Å². The van der Waals surface area contributed by atoms with Crippen molar-refractivity contribution < 1.29 is 38.5 Å². The van der Waals surface area contributed by atoms with Gasteiger partial charge in [-0.2, -0.15) is 0 Å². The molecule has 0 saturated carbocycles. The molecule has 0 bridgehead atoms. The van der Waals surface area contributed by atoms with E-state index in [2.05, 4.69) is 5.32 Å². The lowest BCUT2D eigenvalue weighted by Gasteiger charge is -2.28. The normalized spacial score (nSPS) is 25.1. The van der Waals surface area contributed by atoms with Crippen LogP contribution in [0.25, 0.3) is 0 Å². The van der Waals surface area contributed by atoms with Crippen molar-refractivity contribution in [3.8, 4) is 11.5 Å². The number of aryl methyl sites for hydroxylation is 1. The third-order valence-electron chi connectivity index (χ3n) is 6.93. The number of carboxylic acid groups (broad SMARTS) is 1. The molecule has 4 unspecified atom stereocenters. The highest BCUT2D eigenvalue weighted by Gasteiger charge is 2.67. The Morgan fingerprint density at radius 3 is 2.33 bits per heavy atom. The van der Waals surface area contributed by atoms with Crippen molar-refractivity contribution in [3.05, 3.63) is 52.0 Å². The number of amides is 2. The molecule has 2 fully saturated rings. The van der Waals surface area contributed by atoms with E-state index in [4.69, 9.17) is 25.8 Å². The van der Waals surface area contributed by atoms with Gasteiger partial charge in [-0.15, -0.1) is 0 Å². The number of hydrogen-bond donors (Lipinski definition) is 2. The highest BCUT2D eigenvalue weighted by molar-refractivity contribution is 6.32. The van der Waals surface area contributed by atoms with Crippen molar-refractivity contribution in [2.75, 3.05) is 26.2 Å². The number of hydrogen-bond acceptors (Lipinski definition) is 8.